The van der Waals surface area contributed by atoms with Crippen LogP contribution < -0.4 is 4.80 Å². The molecule has 2 N–H and O–H groups in total. The minimum absolute atomic E-state index is 0.000299. The van der Waals surface area contributed by atoms with Crippen molar-refractivity contribution in [3.05, 3.63) is 87.8 Å². The number of phenols is 2. The van der Waals surface area contributed by atoms with E-state index in [0.717, 1.165) is 16.9 Å². The molecule has 0 atom stereocenters. The van der Waals surface area contributed by atoms with Crippen molar-refractivity contribution in [3.63, 3.8) is 0 Å². The van der Waals surface area contributed by atoms with Crippen LogP contribution in [0.5, 0.6) is 11.5 Å². The smallest absolute Gasteiger partial charge is 0.211 e. The van der Waals surface area contributed by atoms with Gasteiger partial charge < -0.3 is 10.2 Å². The number of aryl methyl sites for hydroxylation is 2. The summed E-state index contributed by atoms with van der Waals surface area (Å²) >= 11 is 1.48. The fourth-order valence-electron chi connectivity index (χ4n) is 3.13. The lowest BCUT2D eigenvalue weighted by Gasteiger charge is -2.09. The number of hydrogen-bond donors (Lipinski definition) is 2. The Hall–Kier alpha value is -3.71. The van der Waals surface area contributed by atoms with E-state index >= 15 is 0 Å². The van der Waals surface area contributed by atoms with E-state index < -0.39 is 0 Å². The van der Waals surface area contributed by atoms with Crippen LogP contribution >= 0.6 is 11.3 Å². The first-order valence-corrected chi connectivity index (χ1v) is 10.6. The minimum Gasteiger partial charge on any atom is -0.508 e. The number of aromatic nitrogens is 2. The van der Waals surface area contributed by atoms with Crippen molar-refractivity contribution in [3.8, 4) is 22.8 Å². The Balaban J connectivity index is 1.92. The summed E-state index contributed by atoms with van der Waals surface area (Å²) in [5.74, 6) is -0.0316. The van der Waals surface area contributed by atoms with E-state index in [0.29, 0.717) is 16.1 Å². The molecule has 2 aromatic heterocycles. The molecular weight excluding hydrogens is 408 g/mol. The third-order valence-corrected chi connectivity index (χ3v) is 5.80. The monoisotopic (exact) mass is 430 g/mol. The fourth-order valence-corrected chi connectivity index (χ4v) is 3.98. The molecule has 0 aliphatic carbocycles. The van der Waals surface area contributed by atoms with Gasteiger partial charge in [-0.2, -0.15) is 5.10 Å². The molecule has 0 spiro atoms. The summed E-state index contributed by atoms with van der Waals surface area (Å²) in [6.07, 6.45) is 3.40. The highest BCUT2D eigenvalue weighted by Gasteiger charge is 2.12. The first kappa shape index (κ1) is 20.6. The highest BCUT2D eigenvalue weighted by molar-refractivity contribution is 7.07. The Bertz CT molecular complexity index is 1340. The number of thiazole rings is 1. The van der Waals surface area contributed by atoms with Gasteiger partial charge in [0.1, 0.15) is 11.5 Å². The summed E-state index contributed by atoms with van der Waals surface area (Å²) in [6.45, 7) is 5.98. The third kappa shape index (κ3) is 4.41. The summed E-state index contributed by atoms with van der Waals surface area (Å²) < 4.78 is 1.78. The number of phenolic OH excluding ortho intramolecular Hbond substituents is 2. The van der Waals surface area contributed by atoms with Gasteiger partial charge in [-0.1, -0.05) is 12.1 Å². The third-order valence-electron chi connectivity index (χ3n) is 4.98. The molecule has 4 aromatic rings. The van der Waals surface area contributed by atoms with Gasteiger partial charge in [-0.15, -0.1) is 11.3 Å². The molecule has 6 nitrogen and oxygen atoms in total. The molecule has 156 valence electrons. The lowest BCUT2D eigenvalue weighted by molar-refractivity contribution is 0.450. The van der Waals surface area contributed by atoms with Gasteiger partial charge in [0.15, 0.2) is 0 Å². The van der Waals surface area contributed by atoms with Gasteiger partial charge in [-0.3, -0.25) is 4.98 Å². The van der Waals surface area contributed by atoms with E-state index in [4.69, 9.17) is 10.1 Å². The first-order valence-electron chi connectivity index (χ1n) is 9.73. The van der Waals surface area contributed by atoms with Crippen LogP contribution in [0.4, 0.5) is 5.69 Å². The van der Waals surface area contributed by atoms with Crippen molar-refractivity contribution < 1.29 is 10.2 Å². The van der Waals surface area contributed by atoms with Crippen LogP contribution in [-0.2, 0) is 0 Å². The fraction of sp³-hybridized carbons (Fsp3) is 0.125. The average molecular weight is 431 g/mol. The van der Waals surface area contributed by atoms with Gasteiger partial charge in [-0.05, 0) is 62.2 Å². The van der Waals surface area contributed by atoms with Crippen molar-refractivity contribution >= 4 is 22.7 Å². The van der Waals surface area contributed by atoms with E-state index in [1.54, 1.807) is 23.1 Å². The van der Waals surface area contributed by atoms with Gasteiger partial charge in [0.2, 0.25) is 4.80 Å². The van der Waals surface area contributed by atoms with Gasteiger partial charge in [0, 0.05) is 28.8 Å². The number of benzene rings is 2. The second kappa shape index (κ2) is 8.57. The summed E-state index contributed by atoms with van der Waals surface area (Å²) in [7, 11) is 0. The van der Waals surface area contributed by atoms with E-state index in [-0.39, 0.29) is 11.5 Å². The Kier molecular flexibility index (Phi) is 5.68. The van der Waals surface area contributed by atoms with Crippen LogP contribution in [0.25, 0.3) is 11.3 Å². The summed E-state index contributed by atoms with van der Waals surface area (Å²) in [4.78, 5) is 9.53. The van der Waals surface area contributed by atoms with Gasteiger partial charge in [0.05, 0.1) is 23.3 Å². The summed E-state index contributed by atoms with van der Waals surface area (Å²) in [5.41, 5.74) is 6.19. The number of nitrogens with zero attached hydrogens (tertiary/aromatic N) is 4. The van der Waals surface area contributed by atoms with Crippen LogP contribution in [0.3, 0.4) is 0 Å². The number of aromatic hydroxyl groups is 2. The number of rotatable bonds is 4. The lowest BCUT2D eigenvalue weighted by atomic mass is 10.1. The second-order valence-corrected chi connectivity index (χ2v) is 8.06. The zero-order valence-electron chi connectivity index (χ0n) is 17.4. The van der Waals surface area contributed by atoms with Crippen LogP contribution in [0, 0.1) is 13.8 Å². The highest BCUT2D eigenvalue weighted by Crippen LogP contribution is 2.26. The maximum Gasteiger partial charge on any atom is 0.211 e. The molecule has 2 aromatic carbocycles. The van der Waals surface area contributed by atoms with Crippen molar-refractivity contribution in [1.82, 2.24) is 9.66 Å². The molecule has 7 heteroatoms. The maximum atomic E-state index is 10.3. The number of pyridine rings is 1. The lowest BCUT2D eigenvalue weighted by Crippen LogP contribution is -2.14. The molecule has 0 aliphatic heterocycles. The molecule has 31 heavy (non-hydrogen) atoms. The molecule has 0 bridgehead atoms. The van der Waals surface area contributed by atoms with Crippen LogP contribution in [0.15, 0.2) is 76.4 Å². The average Bonchev–Trinajstić information content (AvgIpc) is 3.12. The van der Waals surface area contributed by atoms with Gasteiger partial charge in [-0.25, -0.2) is 9.67 Å². The van der Waals surface area contributed by atoms with Crippen molar-refractivity contribution in [2.24, 2.45) is 10.1 Å². The number of hydrogen-bond acceptors (Lipinski definition) is 6. The maximum absolute atomic E-state index is 10.3. The summed E-state index contributed by atoms with van der Waals surface area (Å²) in [5, 5.41) is 26.7. The SMILES string of the molecule is CC(=Nn1c(-c2ccc(C)c(C)c2)csc1=Nc1cccnc1)c1ccc(O)cc1O. The van der Waals surface area contributed by atoms with Crippen LogP contribution in [-0.4, -0.2) is 25.6 Å². The van der Waals surface area contributed by atoms with Crippen molar-refractivity contribution in [2.45, 2.75) is 20.8 Å². The zero-order valence-corrected chi connectivity index (χ0v) is 18.3. The molecular formula is C24H22N4O2S. The Labute approximate surface area is 184 Å². The van der Waals surface area contributed by atoms with Gasteiger partial charge >= 0.3 is 0 Å². The Morgan fingerprint density at radius 3 is 2.58 bits per heavy atom. The summed E-state index contributed by atoms with van der Waals surface area (Å²) in [6, 6.07) is 14.5. The predicted molar refractivity (Wildman–Crippen MR) is 124 cm³/mol. The highest BCUT2D eigenvalue weighted by atomic mass is 32.1. The molecule has 2 heterocycles. The van der Waals surface area contributed by atoms with Gasteiger partial charge in [0.25, 0.3) is 0 Å². The second-order valence-electron chi connectivity index (χ2n) is 7.22. The molecule has 0 amide bonds. The topological polar surface area (TPSA) is 83.0 Å². The molecule has 0 saturated carbocycles. The van der Waals surface area contributed by atoms with Crippen molar-refractivity contribution in [2.75, 3.05) is 0 Å². The molecule has 0 aliphatic rings. The standard InChI is InChI=1S/C24H22N4O2S/c1-15-6-7-18(11-16(15)2)22-14-31-24(26-19-5-4-10-25-13-19)28(22)27-17(3)21-9-8-20(29)12-23(21)30/h4-14,29-30H,1-3H3. The van der Waals surface area contributed by atoms with Crippen LogP contribution in [0.2, 0.25) is 0 Å². The molecule has 4 rings (SSSR count). The molecule has 0 saturated heterocycles. The van der Waals surface area contributed by atoms with Crippen molar-refractivity contribution in [1.29, 1.82) is 0 Å². The van der Waals surface area contributed by atoms with E-state index in [2.05, 4.69) is 37.0 Å². The molecule has 0 fully saturated rings. The van der Waals surface area contributed by atoms with E-state index in [1.165, 1.54) is 34.6 Å². The quantitative estimate of drug-likeness (QED) is 0.440. The minimum atomic E-state index is -0.0319. The molecule has 0 unspecified atom stereocenters. The largest absolute Gasteiger partial charge is 0.508 e. The van der Waals surface area contributed by atoms with Crippen LogP contribution in [0.1, 0.15) is 23.6 Å². The first-order chi connectivity index (χ1) is 14.9. The van der Waals surface area contributed by atoms with E-state index in [9.17, 15) is 10.2 Å². The normalized spacial score (nSPS) is 12.4. The van der Waals surface area contributed by atoms with E-state index in [1.807, 2.05) is 24.4 Å². The Morgan fingerprint density at radius 1 is 1.03 bits per heavy atom. The predicted octanol–water partition coefficient (Wildman–Crippen LogP) is 5.14. The molecule has 0 radical (unpaired) electrons. The Morgan fingerprint density at radius 2 is 1.87 bits per heavy atom. The zero-order chi connectivity index (χ0) is 22.0.